The normalized spacial score (nSPS) is 20.3. The zero-order valence-electron chi connectivity index (χ0n) is 16.1. The molecular weight excluding hydrogens is 372 g/mol. The van der Waals surface area contributed by atoms with Gasteiger partial charge < -0.3 is 19.8 Å². The Bertz CT molecular complexity index is 900. The van der Waals surface area contributed by atoms with Crippen LogP contribution in [0.15, 0.2) is 47.1 Å². The zero-order chi connectivity index (χ0) is 20.3. The number of nitrogens with one attached hydrogen (secondary N) is 2. The van der Waals surface area contributed by atoms with E-state index in [4.69, 9.17) is 9.15 Å². The number of ether oxygens (including phenoxy) is 1. The van der Waals surface area contributed by atoms with Crippen molar-refractivity contribution in [2.24, 2.45) is 5.92 Å². The van der Waals surface area contributed by atoms with Crippen LogP contribution in [0.2, 0.25) is 0 Å². The van der Waals surface area contributed by atoms with Gasteiger partial charge in [-0.1, -0.05) is 12.5 Å². The molecule has 1 aliphatic carbocycles. The Morgan fingerprint density at radius 2 is 1.93 bits per heavy atom. The first-order valence-corrected chi connectivity index (χ1v) is 9.99. The maximum atomic E-state index is 12.9. The van der Waals surface area contributed by atoms with Gasteiger partial charge in [-0.3, -0.25) is 14.4 Å². The fourth-order valence-corrected chi connectivity index (χ4v) is 4.27. The Morgan fingerprint density at radius 3 is 2.69 bits per heavy atom. The number of benzene rings is 1. The number of rotatable bonds is 5. The number of hydrogen-bond acceptors (Lipinski definition) is 5. The highest BCUT2D eigenvalue weighted by Crippen LogP contribution is 2.44. The number of carbonyl (C=O) groups is 3. The molecular formula is C22H24N2O5. The molecule has 1 saturated heterocycles. The highest BCUT2D eigenvalue weighted by atomic mass is 16.6. The average Bonchev–Trinajstić information content (AvgIpc) is 3.35. The molecule has 1 unspecified atom stereocenters. The fourth-order valence-electron chi connectivity index (χ4n) is 4.27. The van der Waals surface area contributed by atoms with E-state index < -0.39 is 11.5 Å². The molecule has 2 amide bonds. The van der Waals surface area contributed by atoms with Gasteiger partial charge in [-0.25, -0.2) is 0 Å². The summed E-state index contributed by atoms with van der Waals surface area (Å²) in [6.07, 6.45) is 6.13. The van der Waals surface area contributed by atoms with Crippen molar-refractivity contribution in [1.82, 2.24) is 5.32 Å². The van der Waals surface area contributed by atoms with E-state index in [0.717, 1.165) is 32.1 Å². The van der Waals surface area contributed by atoms with E-state index in [1.54, 1.807) is 42.7 Å². The number of esters is 1. The van der Waals surface area contributed by atoms with Gasteiger partial charge in [-0.2, -0.15) is 0 Å². The number of amides is 2. The second kappa shape index (κ2) is 8.11. The summed E-state index contributed by atoms with van der Waals surface area (Å²) in [5.74, 6) is -0.636. The minimum atomic E-state index is -0.669. The van der Waals surface area contributed by atoms with Gasteiger partial charge in [0.15, 0.2) is 0 Å². The van der Waals surface area contributed by atoms with E-state index in [1.807, 2.05) is 0 Å². The highest BCUT2D eigenvalue weighted by Gasteiger charge is 2.52. The Labute approximate surface area is 168 Å². The maximum Gasteiger partial charge on any atom is 0.307 e. The average molecular weight is 396 g/mol. The first-order valence-electron chi connectivity index (χ1n) is 9.99. The van der Waals surface area contributed by atoms with E-state index >= 15 is 0 Å². The molecule has 0 radical (unpaired) electrons. The smallest absolute Gasteiger partial charge is 0.307 e. The van der Waals surface area contributed by atoms with E-state index in [0.29, 0.717) is 17.0 Å². The first kappa shape index (κ1) is 19.2. The molecule has 7 nitrogen and oxygen atoms in total. The monoisotopic (exact) mass is 396 g/mol. The molecule has 1 aromatic carbocycles. The summed E-state index contributed by atoms with van der Waals surface area (Å²) >= 11 is 0. The largest absolute Gasteiger partial charge is 0.467 e. The first-order chi connectivity index (χ1) is 14.1. The second-order valence-corrected chi connectivity index (χ2v) is 7.69. The minimum absolute atomic E-state index is 0.106. The third-order valence-electron chi connectivity index (χ3n) is 5.73. The molecule has 1 atom stereocenters. The quantitative estimate of drug-likeness (QED) is 0.755. The molecule has 2 aliphatic rings. The maximum absolute atomic E-state index is 12.9. The van der Waals surface area contributed by atoms with Crippen LogP contribution in [0.3, 0.4) is 0 Å². The molecule has 29 heavy (non-hydrogen) atoms. The van der Waals surface area contributed by atoms with E-state index in [1.165, 1.54) is 0 Å². The Kier molecular flexibility index (Phi) is 5.38. The molecule has 2 aromatic rings. The van der Waals surface area contributed by atoms with Crippen LogP contribution in [0, 0.1) is 5.92 Å². The lowest BCUT2D eigenvalue weighted by atomic mass is 9.75. The summed E-state index contributed by atoms with van der Waals surface area (Å²) in [6.45, 7) is 0.284. The topological polar surface area (TPSA) is 97.6 Å². The van der Waals surface area contributed by atoms with Gasteiger partial charge in [0.1, 0.15) is 11.4 Å². The van der Waals surface area contributed by atoms with Crippen molar-refractivity contribution in [3.8, 4) is 0 Å². The van der Waals surface area contributed by atoms with E-state index in [2.05, 4.69) is 10.6 Å². The third kappa shape index (κ3) is 4.18. The molecule has 2 fully saturated rings. The SMILES string of the molecule is O=C1CC(C(=O)Nc2cccc(C(=O)NCc3ccco3)c2)C2(CCCCC2)O1. The lowest BCUT2D eigenvalue weighted by molar-refractivity contribution is -0.153. The van der Waals surface area contributed by atoms with Crippen LogP contribution in [0.5, 0.6) is 0 Å². The lowest BCUT2D eigenvalue weighted by Crippen LogP contribution is -2.43. The summed E-state index contributed by atoms with van der Waals surface area (Å²) in [5.41, 5.74) is 0.281. The van der Waals surface area contributed by atoms with Crippen molar-refractivity contribution in [1.29, 1.82) is 0 Å². The number of anilines is 1. The molecule has 7 heteroatoms. The Morgan fingerprint density at radius 1 is 1.10 bits per heavy atom. The van der Waals surface area contributed by atoms with Gasteiger partial charge >= 0.3 is 5.97 Å². The van der Waals surface area contributed by atoms with Crippen molar-refractivity contribution < 1.29 is 23.5 Å². The van der Waals surface area contributed by atoms with Gasteiger partial charge in [-0.15, -0.1) is 0 Å². The van der Waals surface area contributed by atoms with Crippen LogP contribution in [0.1, 0.15) is 54.6 Å². The summed E-state index contributed by atoms with van der Waals surface area (Å²) in [6, 6.07) is 10.3. The molecule has 1 saturated carbocycles. The van der Waals surface area contributed by atoms with Crippen LogP contribution < -0.4 is 10.6 Å². The van der Waals surface area contributed by atoms with Gasteiger partial charge in [0.25, 0.3) is 5.91 Å². The number of carbonyl (C=O) groups excluding carboxylic acids is 3. The minimum Gasteiger partial charge on any atom is -0.467 e. The molecule has 152 valence electrons. The van der Waals surface area contributed by atoms with Gasteiger partial charge in [0.05, 0.1) is 25.1 Å². The van der Waals surface area contributed by atoms with Crippen molar-refractivity contribution in [2.75, 3.05) is 5.32 Å². The van der Waals surface area contributed by atoms with Gasteiger partial charge in [0.2, 0.25) is 5.91 Å². The summed E-state index contributed by atoms with van der Waals surface area (Å²) in [4.78, 5) is 37.3. The molecule has 4 rings (SSSR count). The molecule has 1 aromatic heterocycles. The fraction of sp³-hybridized carbons (Fsp3) is 0.409. The molecule has 1 aliphatic heterocycles. The van der Waals surface area contributed by atoms with Crippen molar-refractivity contribution in [3.63, 3.8) is 0 Å². The van der Waals surface area contributed by atoms with Crippen LogP contribution >= 0.6 is 0 Å². The summed E-state index contributed by atoms with van der Waals surface area (Å²) in [5, 5.41) is 5.65. The third-order valence-corrected chi connectivity index (χ3v) is 5.73. The zero-order valence-corrected chi connectivity index (χ0v) is 16.1. The predicted octanol–water partition coefficient (Wildman–Crippen LogP) is 3.41. The Balaban J connectivity index is 1.42. The molecule has 2 heterocycles. The van der Waals surface area contributed by atoms with Gasteiger partial charge in [0, 0.05) is 11.3 Å². The van der Waals surface area contributed by atoms with Crippen LogP contribution in [-0.2, 0) is 20.9 Å². The van der Waals surface area contributed by atoms with Crippen molar-refractivity contribution in [2.45, 2.75) is 50.7 Å². The molecule has 0 bridgehead atoms. The predicted molar refractivity (Wildman–Crippen MR) is 105 cm³/mol. The van der Waals surface area contributed by atoms with Gasteiger partial charge in [-0.05, 0) is 56.0 Å². The van der Waals surface area contributed by atoms with Crippen molar-refractivity contribution >= 4 is 23.5 Å². The van der Waals surface area contributed by atoms with E-state index in [9.17, 15) is 14.4 Å². The van der Waals surface area contributed by atoms with Crippen molar-refractivity contribution in [3.05, 3.63) is 54.0 Å². The van der Waals surface area contributed by atoms with Crippen LogP contribution in [0.4, 0.5) is 5.69 Å². The molecule has 2 N–H and O–H groups in total. The summed E-state index contributed by atoms with van der Waals surface area (Å²) in [7, 11) is 0. The lowest BCUT2D eigenvalue weighted by Gasteiger charge is -2.36. The number of furan rings is 1. The Hall–Kier alpha value is -3.09. The highest BCUT2D eigenvalue weighted by molar-refractivity contribution is 5.99. The standard InChI is InChI=1S/C22H24N2O5/c25-19-13-18(22(29-19)9-2-1-3-10-22)21(27)24-16-7-4-6-15(12-16)20(26)23-14-17-8-5-11-28-17/h4-8,11-12,18H,1-3,9-10,13-14H2,(H,23,26)(H,24,27). The van der Waals surface area contributed by atoms with Crippen LogP contribution in [0.25, 0.3) is 0 Å². The number of hydrogen-bond donors (Lipinski definition) is 2. The molecule has 1 spiro atoms. The van der Waals surface area contributed by atoms with Crippen LogP contribution in [-0.4, -0.2) is 23.4 Å². The second-order valence-electron chi connectivity index (χ2n) is 7.69. The summed E-state index contributed by atoms with van der Waals surface area (Å²) < 4.78 is 10.8. The van der Waals surface area contributed by atoms with E-state index in [-0.39, 0.29) is 30.7 Å².